The van der Waals surface area contributed by atoms with Crippen molar-refractivity contribution in [3.8, 4) is 11.5 Å². The average Bonchev–Trinajstić information content (AvgIpc) is 2.98. The number of anilines is 1. The van der Waals surface area contributed by atoms with Crippen molar-refractivity contribution in [1.82, 2.24) is 10.4 Å². The standard InChI is InChI=1S/C23H26N4O2/c1-15-7-6-8-18(13-15)25-23(3)21(22-24-16(2)11-12-27(22)26-23)17-9-10-19(28-4)20(14-17)29-5/h6-14,25-26H,1-5H3. The van der Waals surface area contributed by atoms with Gasteiger partial charge in [0, 0.05) is 23.2 Å². The molecule has 2 aliphatic rings. The SMILES string of the molecule is COc1ccc(C2=C3N=C(C)C=CN3NC2(C)Nc2cccc(C)c2)cc1OC. The molecule has 4 rings (SSSR count). The van der Waals surface area contributed by atoms with Crippen LogP contribution in [0.2, 0.25) is 0 Å². The van der Waals surface area contributed by atoms with E-state index in [0.29, 0.717) is 11.5 Å². The van der Waals surface area contributed by atoms with E-state index in [1.54, 1.807) is 14.2 Å². The number of allylic oxidation sites excluding steroid dienone is 1. The summed E-state index contributed by atoms with van der Waals surface area (Å²) in [7, 11) is 3.29. The molecule has 29 heavy (non-hydrogen) atoms. The quantitative estimate of drug-likeness (QED) is 0.796. The van der Waals surface area contributed by atoms with Crippen molar-refractivity contribution in [3.05, 3.63) is 71.7 Å². The normalized spacial score (nSPS) is 20.4. The third-order valence-electron chi connectivity index (χ3n) is 5.13. The van der Waals surface area contributed by atoms with Crippen LogP contribution in [0.3, 0.4) is 0 Å². The Labute approximate surface area is 171 Å². The van der Waals surface area contributed by atoms with E-state index < -0.39 is 5.66 Å². The summed E-state index contributed by atoms with van der Waals surface area (Å²) in [6.07, 6.45) is 3.99. The largest absolute Gasteiger partial charge is 0.493 e. The maximum atomic E-state index is 5.54. The first-order chi connectivity index (χ1) is 13.9. The molecule has 6 nitrogen and oxygen atoms in total. The van der Waals surface area contributed by atoms with Gasteiger partial charge in [-0.3, -0.25) is 5.01 Å². The molecule has 0 aromatic heterocycles. The first-order valence-corrected chi connectivity index (χ1v) is 9.56. The van der Waals surface area contributed by atoms with Crippen LogP contribution in [0.5, 0.6) is 11.5 Å². The number of ether oxygens (including phenoxy) is 2. The lowest BCUT2D eigenvalue weighted by Gasteiger charge is -2.31. The maximum Gasteiger partial charge on any atom is 0.161 e. The Morgan fingerprint density at radius 2 is 1.83 bits per heavy atom. The summed E-state index contributed by atoms with van der Waals surface area (Å²) in [5, 5.41) is 5.62. The fraction of sp³-hybridized carbons (Fsp3) is 0.261. The summed E-state index contributed by atoms with van der Waals surface area (Å²) in [6, 6.07) is 14.3. The van der Waals surface area contributed by atoms with Crippen LogP contribution in [0.25, 0.3) is 5.57 Å². The van der Waals surface area contributed by atoms with Gasteiger partial charge in [-0.05, 0) is 62.2 Å². The molecule has 0 radical (unpaired) electrons. The molecule has 1 unspecified atom stereocenters. The van der Waals surface area contributed by atoms with Gasteiger partial charge in [0.1, 0.15) is 5.66 Å². The van der Waals surface area contributed by atoms with Gasteiger partial charge in [-0.25, -0.2) is 4.99 Å². The second kappa shape index (κ2) is 7.29. The molecule has 6 heteroatoms. The minimum absolute atomic E-state index is 0.582. The summed E-state index contributed by atoms with van der Waals surface area (Å²) in [4.78, 5) is 4.82. The lowest BCUT2D eigenvalue weighted by atomic mass is 9.94. The second-order valence-electron chi connectivity index (χ2n) is 7.44. The van der Waals surface area contributed by atoms with Crippen molar-refractivity contribution >= 4 is 17.0 Å². The van der Waals surface area contributed by atoms with E-state index in [2.05, 4.69) is 48.9 Å². The molecule has 0 bridgehead atoms. The topological polar surface area (TPSA) is 58.1 Å². The number of aliphatic imine (C=N–C) groups is 1. The molecular weight excluding hydrogens is 364 g/mol. The Balaban J connectivity index is 1.85. The number of hydrogen-bond donors (Lipinski definition) is 2. The molecule has 0 spiro atoms. The highest BCUT2D eigenvalue weighted by Crippen LogP contribution is 2.42. The van der Waals surface area contributed by atoms with Gasteiger partial charge in [0.05, 0.1) is 14.2 Å². The van der Waals surface area contributed by atoms with Crippen molar-refractivity contribution in [1.29, 1.82) is 0 Å². The number of rotatable bonds is 5. The molecule has 0 saturated heterocycles. The molecule has 0 amide bonds. The van der Waals surface area contributed by atoms with Gasteiger partial charge in [-0.2, -0.15) is 5.43 Å². The Kier molecular flexibility index (Phi) is 4.80. The number of nitrogens with one attached hydrogen (secondary N) is 2. The number of nitrogens with zero attached hydrogens (tertiary/aromatic N) is 2. The Morgan fingerprint density at radius 1 is 1.03 bits per heavy atom. The maximum absolute atomic E-state index is 5.54. The monoisotopic (exact) mass is 390 g/mol. The second-order valence-corrected chi connectivity index (χ2v) is 7.44. The van der Waals surface area contributed by atoms with E-state index in [-0.39, 0.29) is 0 Å². The van der Waals surface area contributed by atoms with Gasteiger partial charge < -0.3 is 14.8 Å². The van der Waals surface area contributed by atoms with Gasteiger partial charge in [-0.1, -0.05) is 18.2 Å². The third kappa shape index (κ3) is 3.47. The molecule has 2 aromatic carbocycles. The van der Waals surface area contributed by atoms with E-state index in [1.807, 2.05) is 42.4 Å². The van der Waals surface area contributed by atoms with Gasteiger partial charge in [-0.15, -0.1) is 0 Å². The van der Waals surface area contributed by atoms with Gasteiger partial charge in [0.25, 0.3) is 0 Å². The zero-order valence-electron chi connectivity index (χ0n) is 17.4. The molecule has 2 aliphatic heterocycles. The predicted octanol–water partition coefficient (Wildman–Crippen LogP) is 4.32. The first kappa shape index (κ1) is 19.1. The Bertz CT molecular complexity index is 1040. The molecule has 150 valence electrons. The van der Waals surface area contributed by atoms with E-state index in [1.165, 1.54) is 5.56 Å². The van der Waals surface area contributed by atoms with Crippen molar-refractivity contribution in [3.63, 3.8) is 0 Å². The van der Waals surface area contributed by atoms with Crippen LogP contribution in [0.15, 0.2) is 65.6 Å². The number of benzene rings is 2. The van der Waals surface area contributed by atoms with Crippen molar-refractivity contribution < 1.29 is 9.47 Å². The molecule has 2 aromatic rings. The van der Waals surface area contributed by atoms with Crippen LogP contribution >= 0.6 is 0 Å². The number of methoxy groups -OCH3 is 2. The lowest BCUT2D eigenvalue weighted by molar-refractivity contribution is 0.300. The molecular formula is C23H26N4O2. The van der Waals surface area contributed by atoms with Crippen LogP contribution in [0.1, 0.15) is 25.0 Å². The van der Waals surface area contributed by atoms with E-state index >= 15 is 0 Å². The molecule has 0 aliphatic carbocycles. The van der Waals surface area contributed by atoms with E-state index in [4.69, 9.17) is 14.5 Å². The third-order valence-corrected chi connectivity index (χ3v) is 5.13. The van der Waals surface area contributed by atoms with Gasteiger partial charge in [0.15, 0.2) is 17.3 Å². The minimum Gasteiger partial charge on any atom is -0.493 e. The van der Waals surface area contributed by atoms with Crippen LogP contribution < -0.4 is 20.2 Å². The van der Waals surface area contributed by atoms with Gasteiger partial charge in [0.2, 0.25) is 0 Å². The van der Waals surface area contributed by atoms with Crippen LogP contribution in [0, 0.1) is 6.92 Å². The fourth-order valence-electron chi connectivity index (χ4n) is 3.81. The number of aryl methyl sites for hydroxylation is 1. The highest BCUT2D eigenvalue weighted by molar-refractivity contribution is 5.96. The first-order valence-electron chi connectivity index (χ1n) is 9.56. The number of fused-ring (bicyclic) bond motifs is 1. The summed E-state index contributed by atoms with van der Waals surface area (Å²) in [5.74, 6) is 2.24. The van der Waals surface area contributed by atoms with Crippen LogP contribution in [0.4, 0.5) is 5.69 Å². The summed E-state index contributed by atoms with van der Waals surface area (Å²) in [6.45, 7) is 6.20. The average molecular weight is 390 g/mol. The van der Waals surface area contributed by atoms with Crippen molar-refractivity contribution in [2.24, 2.45) is 4.99 Å². The summed E-state index contributed by atoms with van der Waals surface area (Å²) >= 11 is 0. The summed E-state index contributed by atoms with van der Waals surface area (Å²) < 4.78 is 11.0. The number of hydrogen-bond acceptors (Lipinski definition) is 6. The summed E-state index contributed by atoms with van der Waals surface area (Å²) in [5.41, 5.74) is 8.19. The van der Waals surface area contributed by atoms with Crippen LogP contribution in [-0.4, -0.2) is 30.6 Å². The van der Waals surface area contributed by atoms with E-state index in [0.717, 1.165) is 28.4 Å². The minimum atomic E-state index is -0.582. The highest BCUT2D eigenvalue weighted by atomic mass is 16.5. The predicted molar refractivity (Wildman–Crippen MR) is 117 cm³/mol. The van der Waals surface area contributed by atoms with Crippen LogP contribution in [-0.2, 0) is 0 Å². The number of hydrazine groups is 1. The lowest BCUT2D eigenvalue weighted by Crippen LogP contribution is -2.50. The smallest absolute Gasteiger partial charge is 0.161 e. The molecule has 0 saturated carbocycles. The van der Waals surface area contributed by atoms with Crippen molar-refractivity contribution in [2.75, 3.05) is 19.5 Å². The molecule has 2 N–H and O–H groups in total. The zero-order valence-corrected chi connectivity index (χ0v) is 17.4. The van der Waals surface area contributed by atoms with Gasteiger partial charge >= 0.3 is 0 Å². The highest BCUT2D eigenvalue weighted by Gasteiger charge is 2.42. The molecule has 2 heterocycles. The fourth-order valence-corrected chi connectivity index (χ4v) is 3.81. The zero-order chi connectivity index (χ0) is 20.6. The van der Waals surface area contributed by atoms with E-state index in [9.17, 15) is 0 Å². The molecule has 1 atom stereocenters. The Hall–Kier alpha value is -3.25. The van der Waals surface area contributed by atoms with Crippen molar-refractivity contribution in [2.45, 2.75) is 26.4 Å². The molecule has 0 fully saturated rings. The Morgan fingerprint density at radius 3 is 2.55 bits per heavy atom.